The maximum absolute atomic E-state index is 11.1. The molecule has 0 aromatic heterocycles. The Morgan fingerprint density at radius 2 is 1.88 bits per heavy atom. The minimum Gasteiger partial charge on any atom is -0.382 e. The Morgan fingerprint density at radius 3 is 2.50 bits per heavy atom. The SMILES string of the molecule is CCCCCc1ccccc1OS(C)(=O)=O. The van der Waals surface area contributed by atoms with Crippen LogP contribution in [0.3, 0.4) is 0 Å². The predicted octanol–water partition coefficient (Wildman–Crippen LogP) is 2.76. The number of aryl methyl sites for hydroxylation is 1. The summed E-state index contributed by atoms with van der Waals surface area (Å²) in [5, 5.41) is 0. The van der Waals surface area contributed by atoms with Crippen LogP contribution in [0.15, 0.2) is 24.3 Å². The molecule has 0 unspecified atom stereocenters. The van der Waals surface area contributed by atoms with Crippen molar-refractivity contribution in [3.05, 3.63) is 29.8 Å². The fourth-order valence-corrected chi connectivity index (χ4v) is 2.01. The molecule has 1 aromatic rings. The number of para-hydroxylation sites is 1. The van der Waals surface area contributed by atoms with Crippen molar-refractivity contribution in [2.75, 3.05) is 6.26 Å². The molecule has 0 spiro atoms. The summed E-state index contributed by atoms with van der Waals surface area (Å²) in [6.07, 6.45) is 5.28. The van der Waals surface area contributed by atoms with Gasteiger partial charge in [-0.3, -0.25) is 0 Å². The molecule has 0 bridgehead atoms. The van der Waals surface area contributed by atoms with Crippen LogP contribution >= 0.6 is 0 Å². The topological polar surface area (TPSA) is 43.4 Å². The van der Waals surface area contributed by atoms with E-state index >= 15 is 0 Å². The molecule has 0 aliphatic rings. The average Bonchev–Trinajstić information content (AvgIpc) is 2.19. The van der Waals surface area contributed by atoms with Gasteiger partial charge in [-0.05, 0) is 24.5 Å². The second-order valence-corrected chi connectivity index (χ2v) is 5.43. The zero-order chi connectivity index (χ0) is 12.0. The van der Waals surface area contributed by atoms with Crippen LogP contribution in [0.25, 0.3) is 0 Å². The molecular weight excluding hydrogens is 224 g/mol. The molecule has 0 fully saturated rings. The third kappa shape index (κ3) is 4.66. The van der Waals surface area contributed by atoms with E-state index in [1.807, 2.05) is 12.1 Å². The van der Waals surface area contributed by atoms with Crippen molar-refractivity contribution >= 4 is 10.1 Å². The Kier molecular flexibility index (Phi) is 4.80. The summed E-state index contributed by atoms with van der Waals surface area (Å²) in [4.78, 5) is 0. The van der Waals surface area contributed by atoms with Crippen molar-refractivity contribution in [3.63, 3.8) is 0 Å². The summed E-state index contributed by atoms with van der Waals surface area (Å²) in [5.74, 6) is 0.459. The van der Waals surface area contributed by atoms with E-state index in [9.17, 15) is 8.42 Å². The first kappa shape index (κ1) is 13.0. The van der Waals surface area contributed by atoms with Gasteiger partial charge in [-0.25, -0.2) is 0 Å². The van der Waals surface area contributed by atoms with Gasteiger partial charge in [0, 0.05) is 0 Å². The van der Waals surface area contributed by atoms with Gasteiger partial charge in [0.2, 0.25) is 0 Å². The van der Waals surface area contributed by atoms with Crippen molar-refractivity contribution < 1.29 is 12.6 Å². The average molecular weight is 242 g/mol. The number of benzene rings is 1. The van der Waals surface area contributed by atoms with Gasteiger partial charge < -0.3 is 4.18 Å². The summed E-state index contributed by atoms with van der Waals surface area (Å²) in [6, 6.07) is 7.29. The predicted molar refractivity (Wildman–Crippen MR) is 65.1 cm³/mol. The number of hydrogen-bond donors (Lipinski definition) is 0. The zero-order valence-corrected chi connectivity index (χ0v) is 10.6. The van der Waals surface area contributed by atoms with Gasteiger partial charge in [-0.15, -0.1) is 0 Å². The molecule has 0 radical (unpaired) electrons. The van der Waals surface area contributed by atoms with E-state index in [1.54, 1.807) is 12.1 Å². The van der Waals surface area contributed by atoms with E-state index in [1.165, 1.54) is 0 Å². The lowest BCUT2D eigenvalue weighted by Gasteiger charge is -2.08. The number of hydrogen-bond acceptors (Lipinski definition) is 3. The van der Waals surface area contributed by atoms with E-state index < -0.39 is 10.1 Å². The van der Waals surface area contributed by atoms with Crippen molar-refractivity contribution in [2.45, 2.75) is 32.6 Å². The fourth-order valence-electron chi connectivity index (χ4n) is 1.52. The first-order chi connectivity index (χ1) is 7.53. The van der Waals surface area contributed by atoms with Crippen LogP contribution in [0.4, 0.5) is 0 Å². The zero-order valence-electron chi connectivity index (χ0n) is 9.77. The maximum Gasteiger partial charge on any atom is 0.306 e. The van der Waals surface area contributed by atoms with Crippen molar-refractivity contribution in [3.8, 4) is 5.75 Å². The van der Waals surface area contributed by atoms with Crippen molar-refractivity contribution in [2.24, 2.45) is 0 Å². The van der Waals surface area contributed by atoms with Crippen LogP contribution in [-0.4, -0.2) is 14.7 Å². The molecule has 4 heteroatoms. The molecule has 1 aromatic carbocycles. The van der Waals surface area contributed by atoms with Gasteiger partial charge in [0.15, 0.2) is 0 Å². The van der Waals surface area contributed by atoms with Gasteiger partial charge in [-0.2, -0.15) is 8.42 Å². The monoisotopic (exact) mass is 242 g/mol. The summed E-state index contributed by atoms with van der Waals surface area (Å²) < 4.78 is 27.1. The molecule has 0 aliphatic heterocycles. The van der Waals surface area contributed by atoms with E-state index in [4.69, 9.17) is 4.18 Å². The molecular formula is C12H18O3S. The highest BCUT2D eigenvalue weighted by atomic mass is 32.2. The lowest BCUT2D eigenvalue weighted by Crippen LogP contribution is -2.07. The maximum atomic E-state index is 11.1. The molecule has 0 saturated carbocycles. The summed E-state index contributed by atoms with van der Waals surface area (Å²) in [6.45, 7) is 2.14. The van der Waals surface area contributed by atoms with Crippen molar-refractivity contribution in [1.29, 1.82) is 0 Å². The Balaban J connectivity index is 2.75. The standard InChI is InChI=1S/C12H18O3S/c1-3-4-5-8-11-9-6-7-10-12(11)15-16(2,13)14/h6-7,9-10H,3-5,8H2,1-2H3. The molecule has 0 atom stereocenters. The normalized spacial score (nSPS) is 11.4. The van der Waals surface area contributed by atoms with E-state index in [0.29, 0.717) is 5.75 Å². The van der Waals surface area contributed by atoms with E-state index in [2.05, 4.69) is 6.92 Å². The molecule has 0 amide bonds. The molecule has 0 heterocycles. The molecule has 90 valence electrons. The minimum atomic E-state index is -3.43. The highest BCUT2D eigenvalue weighted by molar-refractivity contribution is 7.86. The van der Waals surface area contributed by atoms with E-state index in [-0.39, 0.29) is 0 Å². The highest BCUT2D eigenvalue weighted by Crippen LogP contribution is 2.21. The molecule has 0 N–H and O–H groups in total. The van der Waals surface area contributed by atoms with Gasteiger partial charge in [-0.1, -0.05) is 38.0 Å². The lowest BCUT2D eigenvalue weighted by atomic mass is 10.1. The minimum absolute atomic E-state index is 0.459. The summed E-state index contributed by atoms with van der Waals surface area (Å²) in [7, 11) is -3.43. The van der Waals surface area contributed by atoms with Gasteiger partial charge >= 0.3 is 10.1 Å². The van der Waals surface area contributed by atoms with Gasteiger partial charge in [0.1, 0.15) is 5.75 Å². The van der Waals surface area contributed by atoms with Crippen molar-refractivity contribution in [1.82, 2.24) is 0 Å². The smallest absolute Gasteiger partial charge is 0.306 e. The third-order valence-corrected chi connectivity index (χ3v) is 2.75. The van der Waals surface area contributed by atoms with Crippen LogP contribution in [0.1, 0.15) is 31.7 Å². The molecule has 0 aliphatic carbocycles. The van der Waals surface area contributed by atoms with Gasteiger partial charge in [0.25, 0.3) is 0 Å². The molecule has 16 heavy (non-hydrogen) atoms. The van der Waals surface area contributed by atoms with Gasteiger partial charge in [0.05, 0.1) is 6.26 Å². The lowest BCUT2D eigenvalue weighted by molar-refractivity contribution is 0.488. The third-order valence-electron chi connectivity index (χ3n) is 2.26. The van der Waals surface area contributed by atoms with Crippen LogP contribution in [-0.2, 0) is 16.5 Å². The summed E-state index contributed by atoms with van der Waals surface area (Å²) in [5.41, 5.74) is 0.960. The Labute approximate surface area is 97.6 Å². The Bertz CT molecular complexity index is 424. The highest BCUT2D eigenvalue weighted by Gasteiger charge is 2.08. The van der Waals surface area contributed by atoms with Crippen LogP contribution in [0.2, 0.25) is 0 Å². The van der Waals surface area contributed by atoms with Crippen LogP contribution < -0.4 is 4.18 Å². The summed E-state index contributed by atoms with van der Waals surface area (Å²) >= 11 is 0. The molecule has 1 rings (SSSR count). The Hall–Kier alpha value is -1.03. The second-order valence-electron chi connectivity index (χ2n) is 3.85. The Morgan fingerprint density at radius 1 is 1.19 bits per heavy atom. The fraction of sp³-hybridized carbons (Fsp3) is 0.500. The first-order valence-electron chi connectivity index (χ1n) is 5.50. The largest absolute Gasteiger partial charge is 0.382 e. The first-order valence-corrected chi connectivity index (χ1v) is 7.32. The van der Waals surface area contributed by atoms with Crippen LogP contribution in [0.5, 0.6) is 5.75 Å². The number of unbranched alkanes of at least 4 members (excludes halogenated alkanes) is 2. The molecule has 0 saturated heterocycles. The van der Waals surface area contributed by atoms with Crippen LogP contribution in [0, 0.1) is 0 Å². The van der Waals surface area contributed by atoms with E-state index in [0.717, 1.165) is 37.5 Å². The molecule has 3 nitrogen and oxygen atoms in total. The number of rotatable bonds is 6. The quantitative estimate of drug-likeness (QED) is 0.569. The second kappa shape index (κ2) is 5.89.